The molecule has 0 aliphatic heterocycles. The van der Waals surface area contributed by atoms with E-state index in [-0.39, 0.29) is 12.7 Å². The van der Waals surface area contributed by atoms with Crippen molar-refractivity contribution in [3.05, 3.63) is 59.7 Å². The highest BCUT2D eigenvalue weighted by molar-refractivity contribution is 7.91. The zero-order chi connectivity index (χ0) is 15.6. The predicted octanol–water partition coefficient (Wildman–Crippen LogP) is 3.05. The van der Waals surface area contributed by atoms with Crippen LogP contribution in [0.25, 0.3) is 0 Å². The SMILES string of the molecule is N#CCOC1CCc2cc(S(=O)(=O)c3ccccc3)ccc21. The summed E-state index contributed by atoms with van der Waals surface area (Å²) in [6.45, 7) is 0.0498. The van der Waals surface area contributed by atoms with E-state index in [2.05, 4.69) is 0 Å². The molecule has 1 unspecified atom stereocenters. The minimum absolute atomic E-state index is 0.0498. The summed E-state index contributed by atoms with van der Waals surface area (Å²) in [5.41, 5.74) is 1.97. The Morgan fingerprint density at radius 2 is 1.91 bits per heavy atom. The fourth-order valence-corrected chi connectivity index (χ4v) is 4.10. The lowest BCUT2D eigenvalue weighted by atomic mass is 10.1. The molecule has 0 bridgehead atoms. The van der Waals surface area contributed by atoms with Gasteiger partial charge in [-0.15, -0.1) is 0 Å². The number of benzene rings is 2. The molecule has 112 valence electrons. The average Bonchev–Trinajstić information content (AvgIpc) is 2.96. The van der Waals surface area contributed by atoms with Crippen molar-refractivity contribution < 1.29 is 13.2 Å². The Hall–Kier alpha value is -2.16. The van der Waals surface area contributed by atoms with Crippen molar-refractivity contribution in [2.75, 3.05) is 6.61 Å². The van der Waals surface area contributed by atoms with E-state index in [0.717, 1.165) is 24.0 Å². The van der Waals surface area contributed by atoms with Crippen LogP contribution in [0.15, 0.2) is 58.3 Å². The molecular weight excluding hydrogens is 298 g/mol. The Bertz CT molecular complexity index is 823. The molecule has 0 N–H and O–H groups in total. The van der Waals surface area contributed by atoms with Crippen LogP contribution in [0.2, 0.25) is 0 Å². The van der Waals surface area contributed by atoms with E-state index in [1.54, 1.807) is 48.5 Å². The molecule has 0 radical (unpaired) electrons. The maximum atomic E-state index is 12.6. The number of fused-ring (bicyclic) bond motifs is 1. The second-order valence-electron chi connectivity index (χ2n) is 5.17. The van der Waals surface area contributed by atoms with E-state index in [1.165, 1.54) is 0 Å². The predicted molar refractivity (Wildman–Crippen MR) is 81.0 cm³/mol. The number of aryl methyl sites for hydroxylation is 1. The number of hydrogen-bond acceptors (Lipinski definition) is 4. The molecule has 0 fully saturated rings. The minimum Gasteiger partial charge on any atom is -0.359 e. The maximum absolute atomic E-state index is 12.6. The summed E-state index contributed by atoms with van der Waals surface area (Å²) in [7, 11) is -3.49. The molecule has 2 aromatic carbocycles. The molecule has 2 aromatic rings. The maximum Gasteiger partial charge on any atom is 0.206 e. The monoisotopic (exact) mass is 313 g/mol. The number of sulfone groups is 1. The highest BCUT2D eigenvalue weighted by atomic mass is 32.2. The Kier molecular flexibility index (Phi) is 3.97. The third-order valence-corrected chi connectivity index (χ3v) is 5.62. The number of nitriles is 1. The standard InChI is InChI=1S/C17H15NO3S/c18-10-11-21-17-9-6-13-12-15(7-8-16(13)17)22(19,20)14-4-2-1-3-5-14/h1-5,7-8,12,17H,6,9,11H2. The van der Waals surface area contributed by atoms with Crippen LogP contribution >= 0.6 is 0 Å². The van der Waals surface area contributed by atoms with E-state index in [1.807, 2.05) is 6.07 Å². The van der Waals surface area contributed by atoms with Crippen molar-refractivity contribution in [3.63, 3.8) is 0 Å². The van der Waals surface area contributed by atoms with E-state index in [4.69, 9.17) is 10.00 Å². The average molecular weight is 313 g/mol. The Labute approximate surface area is 129 Å². The van der Waals surface area contributed by atoms with Crippen molar-refractivity contribution in [1.82, 2.24) is 0 Å². The quantitative estimate of drug-likeness (QED) is 0.870. The largest absolute Gasteiger partial charge is 0.359 e. The zero-order valence-electron chi connectivity index (χ0n) is 11.9. The smallest absolute Gasteiger partial charge is 0.206 e. The number of ether oxygens (including phenoxy) is 1. The molecule has 0 spiro atoms. The third kappa shape index (κ3) is 2.63. The lowest BCUT2D eigenvalue weighted by molar-refractivity contribution is 0.0786. The summed E-state index contributed by atoms with van der Waals surface area (Å²) in [6, 6.07) is 15.5. The third-order valence-electron chi connectivity index (χ3n) is 3.85. The number of rotatable bonds is 4. The van der Waals surface area contributed by atoms with Crippen molar-refractivity contribution in [2.24, 2.45) is 0 Å². The second kappa shape index (κ2) is 5.91. The van der Waals surface area contributed by atoms with Gasteiger partial charge >= 0.3 is 0 Å². The summed E-state index contributed by atoms with van der Waals surface area (Å²) in [6.07, 6.45) is 1.44. The van der Waals surface area contributed by atoms with Crippen LogP contribution in [0.4, 0.5) is 0 Å². The first-order chi connectivity index (χ1) is 10.6. The Balaban J connectivity index is 1.94. The van der Waals surface area contributed by atoms with E-state index in [9.17, 15) is 8.42 Å². The summed E-state index contributed by atoms with van der Waals surface area (Å²) >= 11 is 0. The molecule has 0 saturated carbocycles. The lowest BCUT2D eigenvalue weighted by Crippen LogP contribution is -2.04. The fraction of sp³-hybridized carbons (Fsp3) is 0.235. The van der Waals surface area contributed by atoms with Crippen LogP contribution in [0.3, 0.4) is 0 Å². The van der Waals surface area contributed by atoms with Crippen LogP contribution in [0.5, 0.6) is 0 Å². The summed E-state index contributed by atoms with van der Waals surface area (Å²) < 4.78 is 30.7. The van der Waals surface area contributed by atoms with Gasteiger partial charge in [-0.05, 0) is 48.2 Å². The van der Waals surface area contributed by atoms with Gasteiger partial charge in [-0.25, -0.2) is 8.42 Å². The minimum atomic E-state index is -3.49. The van der Waals surface area contributed by atoms with E-state index < -0.39 is 9.84 Å². The molecule has 5 heteroatoms. The molecule has 22 heavy (non-hydrogen) atoms. The highest BCUT2D eigenvalue weighted by Gasteiger charge is 2.26. The molecule has 1 atom stereocenters. The number of hydrogen-bond donors (Lipinski definition) is 0. The molecular formula is C17H15NO3S. The Morgan fingerprint density at radius 3 is 2.64 bits per heavy atom. The zero-order valence-corrected chi connectivity index (χ0v) is 12.7. The van der Waals surface area contributed by atoms with Gasteiger partial charge < -0.3 is 4.74 Å². The molecule has 1 aliphatic carbocycles. The van der Waals surface area contributed by atoms with Gasteiger partial charge in [-0.2, -0.15) is 5.26 Å². The first-order valence-electron chi connectivity index (χ1n) is 7.04. The normalized spacial score (nSPS) is 17.0. The van der Waals surface area contributed by atoms with Gasteiger partial charge in [0.2, 0.25) is 9.84 Å². The van der Waals surface area contributed by atoms with Crippen LogP contribution in [-0.4, -0.2) is 15.0 Å². The van der Waals surface area contributed by atoms with Crippen LogP contribution in [-0.2, 0) is 21.0 Å². The highest BCUT2D eigenvalue weighted by Crippen LogP contribution is 2.36. The molecule has 3 rings (SSSR count). The summed E-state index contributed by atoms with van der Waals surface area (Å²) in [5, 5.41) is 8.60. The van der Waals surface area contributed by atoms with Crippen molar-refractivity contribution in [2.45, 2.75) is 28.7 Å². The molecule has 0 aromatic heterocycles. The first kappa shape index (κ1) is 14.8. The van der Waals surface area contributed by atoms with Gasteiger partial charge in [0.15, 0.2) is 0 Å². The van der Waals surface area contributed by atoms with Gasteiger partial charge in [0.05, 0.1) is 22.0 Å². The van der Waals surface area contributed by atoms with E-state index >= 15 is 0 Å². The summed E-state index contributed by atoms with van der Waals surface area (Å²) in [4.78, 5) is 0.601. The lowest BCUT2D eigenvalue weighted by Gasteiger charge is -2.11. The molecule has 0 heterocycles. The van der Waals surface area contributed by atoms with Gasteiger partial charge in [-0.1, -0.05) is 24.3 Å². The molecule has 0 amide bonds. The molecule has 1 aliphatic rings. The fourth-order valence-electron chi connectivity index (χ4n) is 2.77. The topological polar surface area (TPSA) is 67.2 Å². The van der Waals surface area contributed by atoms with Crippen LogP contribution < -0.4 is 0 Å². The van der Waals surface area contributed by atoms with Gasteiger partial charge in [0.25, 0.3) is 0 Å². The van der Waals surface area contributed by atoms with Crippen LogP contribution in [0, 0.1) is 11.3 Å². The van der Waals surface area contributed by atoms with E-state index in [0.29, 0.717) is 9.79 Å². The van der Waals surface area contributed by atoms with Crippen molar-refractivity contribution in [3.8, 4) is 6.07 Å². The Morgan fingerprint density at radius 1 is 1.14 bits per heavy atom. The first-order valence-corrected chi connectivity index (χ1v) is 8.53. The second-order valence-corrected chi connectivity index (χ2v) is 7.12. The molecule has 0 saturated heterocycles. The van der Waals surface area contributed by atoms with Gasteiger partial charge in [0, 0.05) is 0 Å². The van der Waals surface area contributed by atoms with Gasteiger partial charge in [0.1, 0.15) is 6.61 Å². The van der Waals surface area contributed by atoms with Crippen LogP contribution in [0.1, 0.15) is 23.7 Å². The summed E-state index contributed by atoms with van der Waals surface area (Å²) in [5.74, 6) is 0. The number of nitrogens with zero attached hydrogens (tertiary/aromatic N) is 1. The van der Waals surface area contributed by atoms with Gasteiger partial charge in [-0.3, -0.25) is 0 Å². The van der Waals surface area contributed by atoms with Crippen molar-refractivity contribution >= 4 is 9.84 Å². The van der Waals surface area contributed by atoms with Crippen molar-refractivity contribution in [1.29, 1.82) is 5.26 Å². The molecule has 4 nitrogen and oxygen atoms in total.